The summed E-state index contributed by atoms with van der Waals surface area (Å²) in [5, 5.41) is 2.58. The highest BCUT2D eigenvalue weighted by atomic mass is 79.9. The van der Waals surface area contributed by atoms with E-state index in [2.05, 4.69) is 118 Å². The zero-order valence-corrected chi connectivity index (χ0v) is 15.6. The maximum atomic E-state index is 3.50. The van der Waals surface area contributed by atoms with Crippen molar-refractivity contribution in [3.8, 4) is 16.8 Å². The molecule has 0 aliphatic carbocycles. The van der Waals surface area contributed by atoms with E-state index in [1.54, 1.807) is 0 Å². The summed E-state index contributed by atoms with van der Waals surface area (Å²) in [4.78, 5) is 0. The van der Waals surface area contributed by atoms with Gasteiger partial charge >= 0.3 is 0 Å². The van der Waals surface area contributed by atoms with Crippen molar-refractivity contribution >= 4 is 37.7 Å². The van der Waals surface area contributed by atoms with Crippen molar-refractivity contribution in [2.24, 2.45) is 0 Å². The SMILES string of the molecule is Brc1ccc(-c2ccc(-n3c4ccccc4c4ccccc43)cc2)cc1. The number of hydrogen-bond donors (Lipinski definition) is 0. The van der Waals surface area contributed by atoms with E-state index in [0.717, 1.165) is 4.47 Å². The van der Waals surface area contributed by atoms with Crippen LogP contribution in [0, 0.1) is 0 Å². The minimum absolute atomic E-state index is 1.10. The zero-order chi connectivity index (χ0) is 17.5. The van der Waals surface area contributed by atoms with E-state index in [9.17, 15) is 0 Å². The van der Waals surface area contributed by atoms with Gasteiger partial charge in [-0.2, -0.15) is 0 Å². The van der Waals surface area contributed by atoms with E-state index in [0.29, 0.717) is 0 Å². The fourth-order valence-corrected chi connectivity index (χ4v) is 3.91. The van der Waals surface area contributed by atoms with Crippen LogP contribution >= 0.6 is 15.9 Å². The molecule has 0 amide bonds. The highest BCUT2D eigenvalue weighted by molar-refractivity contribution is 9.10. The Morgan fingerprint density at radius 1 is 0.500 bits per heavy atom. The van der Waals surface area contributed by atoms with Gasteiger partial charge in [0.25, 0.3) is 0 Å². The van der Waals surface area contributed by atoms with Gasteiger partial charge in [0.15, 0.2) is 0 Å². The second-order valence-corrected chi connectivity index (χ2v) is 7.34. The van der Waals surface area contributed by atoms with Gasteiger partial charge in [0, 0.05) is 20.9 Å². The Kier molecular flexibility index (Phi) is 3.65. The van der Waals surface area contributed by atoms with Gasteiger partial charge in [0.05, 0.1) is 11.0 Å². The molecule has 0 unspecified atom stereocenters. The van der Waals surface area contributed by atoms with Crippen molar-refractivity contribution < 1.29 is 0 Å². The van der Waals surface area contributed by atoms with E-state index in [-0.39, 0.29) is 0 Å². The van der Waals surface area contributed by atoms with E-state index < -0.39 is 0 Å². The van der Waals surface area contributed by atoms with E-state index in [1.807, 2.05) is 0 Å². The van der Waals surface area contributed by atoms with Crippen molar-refractivity contribution in [2.75, 3.05) is 0 Å². The van der Waals surface area contributed by atoms with Crippen LogP contribution in [0.2, 0.25) is 0 Å². The molecule has 5 rings (SSSR count). The second-order valence-electron chi connectivity index (χ2n) is 6.42. The van der Waals surface area contributed by atoms with Crippen LogP contribution in [0.4, 0.5) is 0 Å². The number of fused-ring (bicyclic) bond motifs is 3. The Bertz CT molecular complexity index is 1160. The molecule has 0 spiro atoms. The fourth-order valence-electron chi connectivity index (χ4n) is 3.65. The van der Waals surface area contributed by atoms with Gasteiger partial charge in [-0.25, -0.2) is 0 Å². The Morgan fingerprint density at radius 2 is 0.962 bits per heavy atom. The van der Waals surface area contributed by atoms with E-state index in [4.69, 9.17) is 0 Å². The van der Waals surface area contributed by atoms with Crippen LogP contribution in [0.5, 0.6) is 0 Å². The van der Waals surface area contributed by atoms with Gasteiger partial charge in [0.1, 0.15) is 0 Å². The Balaban J connectivity index is 1.69. The molecule has 1 aromatic heterocycles. The number of halogens is 1. The summed E-state index contributed by atoms with van der Waals surface area (Å²) in [5.41, 5.74) is 6.11. The van der Waals surface area contributed by atoms with Gasteiger partial charge in [-0.3, -0.25) is 0 Å². The molecule has 1 heterocycles. The summed E-state index contributed by atoms with van der Waals surface area (Å²) in [7, 11) is 0. The number of aromatic nitrogens is 1. The van der Waals surface area contributed by atoms with Gasteiger partial charge in [-0.15, -0.1) is 0 Å². The first kappa shape index (κ1) is 15.4. The van der Waals surface area contributed by atoms with Gasteiger partial charge < -0.3 is 4.57 Å². The lowest BCUT2D eigenvalue weighted by Gasteiger charge is -2.09. The van der Waals surface area contributed by atoms with Gasteiger partial charge in [-0.05, 0) is 47.5 Å². The number of nitrogens with zero attached hydrogens (tertiary/aromatic N) is 1. The van der Waals surface area contributed by atoms with Crippen LogP contribution in [0.25, 0.3) is 38.6 Å². The lowest BCUT2D eigenvalue weighted by atomic mass is 10.1. The van der Waals surface area contributed by atoms with Crippen LogP contribution in [-0.4, -0.2) is 4.57 Å². The highest BCUT2D eigenvalue weighted by Crippen LogP contribution is 2.32. The van der Waals surface area contributed by atoms with Crippen molar-refractivity contribution in [2.45, 2.75) is 0 Å². The third kappa shape index (κ3) is 2.46. The minimum atomic E-state index is 1.10. The maximum Gasteiger partial charge on any atom is 0.0541 e. The van der Waals surface area contributed by atoms with Gasteiger partial charge in [0.2, 0.25) is 0 Å². The Labute approximate surface area is 160 Å². The number of rotatable bonds is 2. The summed E-state index contributed by atoms with van der Waals surface area (Å²) >= 11 is 3.50. The quantitative estimate of drug-likeness (QED) is 0.296. The predicted molar refractivity (Wildman–Crippen MR) is 114 cm³/mol. The average Bonchev–Trinajstić information content (AvgIpc) is 3.03. The first-order valence-corrected chi connectivity index (χ1v) is 9.45. The smallest absolute Gasteiger partial charge is 0.0541 e. The first-order valence-electron chi connectivity index (χ1n) is 8.66. The second kappa shape index (κ2) is 6.15. The third-order valence-electron chi connectivity index (χ3n) is 4.88. The molecular weight excluding hydrogens is 382 g/mol. The molecule has 0 saturated carbocycles. The fraction of sp³-hybridized carbons (Fsp3) is 0. The first-order chi connectivity index (χ1) is 12.8. The molecule has 5 aromatic rings. The van der Waals surface area contributed by atoms with E-state index >= 15 is 0 Å². The number of hydrogen-bond acceptors (Lipinski definition) is 0. The molecule has 2 heteroatoms. The molecule has 0 aliphatic rings. The molecule has 1 nitrogen and oxygen atoms in total. The molecule has 0 fully saturated rings. The molecule has 0 bridgehead atoms. The lowest BCUT2D eigenvalue weighted by molar-refractivity contribution is 1.18. The minimum Gasteiger partial charge on any atom is -0.309 e. The molecule has 0 saturated heterocycles. The van der Waals surface area contributed by atoms with Crippen molar-refractivity contribution in [1.29, 1.82) is 0 Å². The molecule has 124 valence electrons. The largest absolute Gasteiger partial charge is 0.309 e. The summed E-state index contributed by atoms with van der Waals surface area (Å²) in [5.74, 6) is 0. The van der Waals surface area contributed by atoms with Crippen molar-refractivity contribution in [1.82, 2.24) is 4.57 Å². The third-order valence-corrected chi connectivity index (χ3v) is 5.41. The van der Waals surface area contributed by atoms with Gasteiger partial charge in [-0.1, -0.05) is 76.6 Å². The molecule has 0 radical (unpaired) electrons. The Hall–Kier alpha value is -2.84. The predicted octanol–water partition coefficient (Wildman–Crippen LogP) is 7.21. The molecule has 0 atom stereocenters. The van der Waals surface area contributed by atoms with Crippen molar-refractivity contribution in [3.05, 3.63) is 102 Å². The zero-order valence-electron chi connectivity index (χ0n) is 14.1. The van der Waals surface area contributed by atoms with E-state index in [1.165, 1.54) is 38.6 Å². The molecule has 4 aromatic carbocycles. The molecular formula is C24H16BrN. The summed E-state index contributed by atoms with van der Waals surface area (Å²) in [6, 6.07) is 34.4. The van der Waals surface area contributed by atoms with Crippen LogP contribution < -0.4 is 0 Å². The van der Waals surface area contributed by atoms with Crippen LogP contribution in [0.15, 0.2) is 102 Å². The monoisotopic (exact) mass is 397 g/mol. The lowest BCUT2D eigenvalue weighted by Crippen LogP contribution is -1.93. The number of para-hydroxylation sites is 2. The topological polar surface area (TPSA) is 4.93 Å². The normalized spacial score (nSPS) is 11.3. The summed E-state index contributed by atoms with van der Waals surface area (Å²) < 4.78 is 3.44. The maximum absolute atomic E-state index is 3.50. The summed E-state index contributed by atoms with van der Waals surface area (Å²) in [6.07, 6.45) is 0. The average molecular weight is 398 g/mol. The van der Waals surface area contributed by atoms with Crippen LogP contribution in [-0.2, 0) is 0 Å². The Morgan fingerprint density at radius 3 is 1.50 bits per heavy atom. The molecule has 0 aliphatic heterocycles. The molecule has 26 heavy (non-hydrogen) atoms. The standard InChI is InChI=1S/C24H16BrN/c25-19-13-9-17(10-14-19)18-11-15-20(16-12-18)26-23-7-3-1-5-21(23)22-6-2-4-8-24(22)26/h1-16H. The van der Waals surface area contributed by atoms with Crippen LogP contribution in [0.3, 0.4) is 0 Å². The number of benzene rings is 4. The van der Waals surface area contributed by atoms with Crippen molar-refractivity contribution in [3.63, 3.8) is 0 Å². The highest BCUT2D eigenvalue weighted by Gasteiger charge is 2.11. The summed E-state index contributed by atoms with van der Waals surface area (Å²) in [6.45, 7) is 0. The molecule has 0 N–H and O–H groups in total. The van der Waals surface area contributed by atoms with Crippen LogP contribution in [0.1, 0.15) is 0 Å².